The second-order valence-corrected chi connectivity index (χ2v) is 2.47. The number of methoxy groups -OCH3 is 1. The van der Waals surface area contributed by atoms with Gasteiger partial charge >= 0.3 is 88.6 Å². The zero-order valence-electron chi connectivity index (χ0n) is 7.34. The molecule has 0 aliphatic heterocycles. The fourth-order valence-corrected chi connectivity index (χ4v) is 0.869. The van der Waals surface area contributed by atoms with E-state index >= 15 is 0 Å². The van der Waals surface area contributed by atoms with Gasteiger partial charge in [-0.05, 0) is 0 Å². The first-order valence-electron chi connectivity index (χ1n) is 3.40. The molecule has 6 nitrogen and oxygen atoms in total. The Morgan fingerprint density at radius 2 is 2.21 bits per heavy atom. The Kier molecular flexibility index (Phi) is 5.51. The predicted octanol–water partition coefficient (Wildman–Crippen LogP) is -0.488. The van der Waals surface area contributed by atoms with Gasteiger partial charge in [-0.1, -0.05) is 0 Å². The third-order valence-electron chi connectivity index (χ3n) is 1.25. The van der Waals surface area contributed by atoms with Gasteiger partial charge in [0.05, 0.1) is 0 Å². The number of rotatable bonds is 4. The van der Waals surface area contributed by atoms with Crippen LogP contribution in [0.3, 0.4) is 0 Å². The first-order valence-corrected chi connectivity index (χ1v) is 4.21. The molecule has 0 aromatic carbocycles. The normalized spacial score (nSPS) is 12.0. The van der Waals surface area contributed by atoms with Gasteiger partial charge in [0.15, 0.2) is 0 Å². The van der Waals surface area contributed by atoms with Gasteiger partial charge in [0.2, 0.25) is 0 Å². The molecule has 0 rings (SSSR count). The second-order valence-electron chi connectivity index (χ2n) is 2.07. The minimum atomic E-state index is -0.695. The van der Waals surface area contributed by atoms with Crippen LogP contribution in [0.5, 0.6) is 0 Å². The van der Waals surface area contributed by atoms with Crippen LogP contribution in [0.2, 0.25) is 0 Å². The summed E-state index contributed by atoms with van der Waals surface area (Å²) in [6.45, 7) is 0. The molecule has 0 saturated carbocycles. The fraction of sp³-hybridized carbons (Fsp3) is 0.143. The zero-order valence-corrected chi connectivity index (χ0v) is 8.73. The third kappa shape index (κ3) is 3.55. The van der Waals surface area contributed by atoms with Gasteiger partial charge in [-0.3, -0.25) is 0 Å². The molecule has 0 bridgehead atoms. The molecule has 0 aliphatic rings. The summed E-state index contributed by atoms with van der Waals surface area (Å²) in [7, 11) is 1.19. The van der Waals surface area contributed by atoms with Crippen molar-refractivity contribution in [2.75, 3.05) is 7.11 Å². The predicted molar refractivity (Wildman–Crippen MR) is 45.4 cm³/mol. The fourth-order valence-electron chi connectivity index (χ4n) is 0.588. The third-order valence-corrected chi connectivity index (χ3v) is 1.68. The molecule has 14 heavy (non-hydrogen) atoms. The molecule has 0 aromatic rings. The summed E-state index contributed by atoms with van der Waals surface area (Å²) in [6, 6.07) is 0. The summed E-state index contributed by atoms with van der Waals surface area (Å²) in [5.41, 5.74) is 4.69. The van der Waals surface area contributed by atoms with Crippen LogP contribution >= 0.6 is 0 Å². The monoisotopic (exact) mass is 235 g/mol. The molecule has 7 heteroatoms. The molecule has 2 N–H and O–H groups in total. The molecule has 0 atom stereocenters. The summed E-state index contributed by atoms with van der Waals surface area (Å²) in [5, 5.41) is 10.3. The number of esters is 1. The molecule has 75 valence electrons. The van der Waals surface area contributed by atoms with Crippen LogP contribution in [-0.4, -0.2) is 22.7 Å². The van der Waals surface area contributed by atoms with E-state index in [1.54, 1.807) is 0 Å². The van der Waals surface area contributed by atoms with E-state index in [4.69, 9.17) is 5.73 Å². The SMILES string of the molecule is COC(=O)/C([CH]=[V])=C/C(=CN)[N+](=O)[O-]. The number of allylic oxidation sites excluding steroid dienone is 1. The van der Waals surface area contributed by atoms with Gasteiger partial charge in [-0.2, -0.15) is 0 Å². The molecule has 0 amide bonds. The Balaban J connectivity index is 5.01. The Labute approximate surface area is 89.1 Å². The first-order chi connectivity index (χ1) is 6.56. The zero-order chi connectivity index (χ0) is 11.1. The molecule has 0 aliphatic carbocycles. The summed E-state index contributed by atoms with van der Waals surface area (Å²) < 4.78 is 5.73. The van der Waals surface area contributed by atoms with Crippen LogP contribution in [0.1, 0.15) is 0 Å². The average Bonchev–Trinajstić information content (AvgIpc) is 2.18. The summed E-state index contributed by atoms with van der Waals surface area (Å²) in [6.07, 6.45) is 1.84. The molecule has 0 radical (unpaired) electrons. The van der Waals surface area contributed by atoms with E-state index in [9.17, 15) is 14.9 Å². The maximum absolute atomic E-state index is 11.0. The second kappa shape index (κ2) is 6.12. The molecule has 0 heterocycles. The summed E-state index contributed by atoms with van der Waals surface area (Å²) >= 11 is 2.00. The van der Waals surface area contributed by atoms with Crippen molar-refractivity contribution in [3.05, 3.63) is 33.7 Å². The Bertz CT molecular complexity index is 322. The van der Waals surface area contributed by atoms with Crippen molar-refractivity contribution in [2.45, 2.75) is 0 Å². The van der Waals surface area contributed by atoms with E-state index in [0.29, 0.717) is 0 Å². The van der Waals surface area contributed by atoms with Gasteiger partial charge in [-0.15, -0.1) is 0 Å². The number of ether oxygens (including phenoxy) is 1. The first kappa shape index (κ1) is 12.6. The van der Waals surface area contributed by atoms with Crippen LogP contribution in [-0.2, 0) is 26.5 Å². The van der Waals surface area contributed by atoms with Crippen LogP contribution in [0, 0.1) is 10.1 Å². The molecule has 0 unspecified atom stereocenters. The average molecular weight is 235 g/mol. The topological polar surface area (TPSA) is 95.5 Å². The van der Waals surface area contributed by atoms with Crippen molar-refractivity contribution in [1.29, 1.82) is 0 Å². The van der Waals surface area contributed by atoms with Gasteiger partial charge in [-0.25, -0.2) is 0 Å². The van der Waals surface area contributed by atoms with E-state index in [2.05, 4.69) is 4.74 Å². The van der Waals surface area contributed by atoms with E-state index in [0.717, 1.165) is 12.3 Å². The number of hydrogen-bond acceptors (Lipinski definition) is 5. The van der Waals surface area contributed by atoms with Gasteiger partial charge < -0.3 is 0 Å². The molecular weight excluding hydrogens is 227 g/mol. The summed E-state index contributed by atoms with van der Waals surface area (Å²) in [4.78, 5) is 20.6. The molecule has 0 saturated heterocycles. The molecular formula is C7H8N2O4V. The number of carbonyl (C=O) groups is 1. The quantitative estimate of drug-likeness (QED) is 0.233. The van der Waals surface area contributed by atoms with Gasteiger partial charge in [0, 0.05) is 0 Å². The van der Waals surface area contributed by atoms with E-state index in [1.165, 1.54) is 11.8 Å². The van der Waals surface area contributed by atoms with Crippen LogP contribution in [0.4, 0.5) is 0 Å². The standard InChI is InChI=1S/C7H8N2O4.V/c1-5(7(10)13-2)3-6(4-8)9(11)12;/h1,3-4H,8H2,2H3;/b5-3+,6-4?;. The number of nitro groups is 1. The van der Waals surface area contributed by atoms with Crippen molar-refractivity contribution in [3.8, 4) is 0 Å². The van der Waals surface area contributed by atoms with Gasteiger partial charge in [0.25, 0.3) is 0 Å². The van der Waals surface area contributed by atoms with Crippen molar-refractivity contribution < 1.29 is 31.4 Å². The summed E-state index contributed by atoms with van der Waals surface area (Å²) in [5.74, 6) is -0.660. The van der Waals surface area contributed by atoms with Crippen molar-refractivity contribution >= 4 is 10.7 Å². The van der Waals surface area contributed by atoms with Crippen molar-refractivity contribution in [3.63, 3.8) is 0 Å². The molecule has 0 fully saturated rings. The Hall–Kier alpha value is -1.40. The Morgan fingerprint density at radius 3 is 2.50 bits per heavy atom. The Morgan fingerprint density at radius 1 is 1.64 bits per heavy atom. The van der Waals surface area contributed by atoms with Crippen LogP contribution in [0.25, 0.3) is 0 Å². The number of carbonyl (C=O) groups excluding carboxylic acids is 1. The van der Waals surface area contributed by atoms with Crippen LogP contribution < -0.4 is 5.73 Å². The van der Waals surface area contributed by atoms with Gasteiger partial charge in [0.1, 0.15) is 0 Å². The van der Waals surface area contributed by atoms with E-state index in [1.807, 2.05) is 17.0 Å². The number of hydrogen-bond donors (Lipinski definition) is 1. The van der Waals surface area contributed by atoms with E-state index < -0.39 is 10.9 Å². The number of nitrogens with two attached hydrogens (primary N) is 1. The maximum atomic E-state index is 11.0. The van der Waals surface area contributed by atoms with Crippen molar-refractivity contribution in [1.82, 2.24) is 0 Å². The van der Waals surface area contributed by atoms with Crippen LogP contribution in [0.15, 0.2) is 23.5 Å². The number of nitrogens with zero attached hydrogens (tertiary/aromatic N) is 1. The van der Waals surface area contributed by atoms with Crippen molar-refractivity contribution in [2.24, 2.45) is 5.73 Å². The molecule has 0 aromatic heterocycles. The van der Waals surface area contributed by atoms with E-state index in [-0.39, 0.29) is 11.3 Å². The molecule has 0 spiro atoms. The minimum absolute atomic E-state index is 0.0564.